The number of nitriles is 1. The monoisotopic (exact) mass is 370 g/mol. The molecule has 2 aliphatic rings. The molecule has 0 bridgehead atoms. The minimum atomic E-state index is -0.0129. The summed E-state index contributed by atoms with van der Waals surface area (Å²) in [6, 6.07) is 5.43. The Morgan fingerprint density at radius 1 is 1.42 bits per heavy atom. The van der Waals surface area contributed by atoms with Crippen molar-refractivity contribution in [1.29, 1.82) is 5.26 Å². The number of fused-ring (bicyclic) bond motifs is 1. The Kier molecular flexibility index (Phi) is 4.82. The number of amides is 1. The zero-order valence-electron chi connectivity index (χ0n) is 14.1. The third kappa shape index (κ3) is 3.41. The van der Waals surface area contributed by atoms with E-state index in [9.17, 15) is 4.79 Å². The normalized spacial score (nSPS) is 24.3. The van der Waals surface area contributed by atoms with Crippen molar-refractivity contribution >= 4 is 17.2 Å². The number of thiazole rings is 1. The van der Waals surface area contributed by atoms with Crippen LogP contribution in [0.4, 0.5) is 0 Å². The summed E-state index contributed by atoms with van der Waals surface area (Å²) < 4.78 is 11.6. The molecule has 2 aromatic rings. The SMILES string of the molecule is N#Cc1ccc(OCC[C@@H]2CO[C@@H]3CN(C(=O)c4cscn4)C[C@H]23)nc1. The van der Waals surface area contributed by atoms with Gasteiger partial charge < -0.3 is 14.4 Å². The van der Waals surface area contributed by atoms with E-state index in [-0.39, 0.29) is 12.0 Å². The number of carbonyl (C=O) groups is 1. The van der Waals surface area contributed by atoms with E-state index in [0.717, 1.165) is 6.42 Å². The van der Waals surface area contributed by atoms with Crippen LogP contribution in [0.2, 0.25) is 0 Å². The maximum Gasteiger partial charge on any atom is 0.273 e. The van der Waals surface area contributed by atoms with E-state index in [0.29, 0.717) is 55.3 Å². The number of ether oxygens (including phenoxy) is 2. The topological polar surface area (TPSA) is 88.3 Å². The molecule has 0 aliphatic carbocycles. The fraction of sp³-hybridized carbons (Fsp3) is 0.444. The molecule has 0 unspecified atom stereocenters. The van der Waals surface area contributed by atoms with E-state index >= 15 is 0 Å². The van der Waals surface area contributed by atoms with E-state index in [1.165, 1.54) is 17.5 Å². The Morgan fingerprint density at radius 3 is 3.08 bits per heavy atom. The first kappa shape index (κ1) is 16.9. The minimum Gasteiger partial charge on any atom is -0.478 e. The Labute approximate surface area is 155 Å². The van der Waals surface area contributed by atoms with Crippen LogP contribution in [-0.2, 0) is 4.74 Å². The van der Waals surface area contributed by atoms with Crippen LogP contribution in [0.3, 0.4) is 0 Å². The molecule has 2 aliphatic heterocycles. The lowest BCUT2D eigenvalue weighted by Crippen LogP contribution is -2.31. The average Bonchev–Trinajstić information content (AvgIpc) is 3.40. The number of likely N-dealkylation sites (tertiary alicyclic amines) is 1. The molecule has 26 heavy (non-hydrogen) atoms. The molecule has 2 fully saturated rings. The Morgan fingerprint density at radius 2 is 2.35 bits per heavy atom. The number of hydrogen-bond acceptors (Lipinski definition) is 7. The summed E-state index contributed by atoms with van der Waals surface area (Å²) in [5.41, 5.74) is 2.71. The lowest BCUT2D eigenvalue weighted by atomic mass is 9.91. The van der Waals surface area contributed by atoms with Crippen LogP contribution in [0.15, 0.2) is 29.2 Å². The number of hydrogen-bond donors (Lipinski definition) is 0. The van der Waals surface area contributed by atoms with Gasteiger partial charge in [0.15, 0.2) is 0 Å². The summed E-state index contributed by atoms with van der Waals surface area (Å²) in [4.78, 5) is 22.5. The van der Waals surface area contributed by atoms with Crippen molar-refractivity contribution in [3.8, 4) is 11.9 Å². The number of aromatic nitrogens is 2. The van der Waals surface area contributed by atoms with Crippen LogP contribution >= 0.6 is 11.3 Å². The Bertz CT molecular complexity index is 803. The molecule has 7 nitrogen and oxygen atoms in total. The molecular weight excluding hydrogens is 352 g/mol. The maximum absolute atomic E-state index is 12.5. The van der Waals surface area contributed by atoms with Gasteiger partial charge in [-0.3, -0.25) is 4.79 Å². The quantitative estimate of drug-likeness (QED) is 0.799. The van der Waals surface area contributed by atoms with Crippen molar-refractivity contribution < 1.29 is 14.3 Å². The molecule has 2 saturated heterocycles. The van der Waals surface area contributed by atoms with Gasteiger partial charge in [0, 0.05) is 36.7 Å². The number of rotatable bonds is 5. The molecule has 0 aromatic carbocycles. The largest absolute Gasteiger partial charge is 0.478 e. The van der Waals surface area contributed by atoms with Gasteiger partial charge in [0.25, 0.3) is 5.91 Å². The summed E-state index contributed by atoms with van der Waals surface area (Å²) in [6.45, 7) is 2.59. The Balaban J connectivity index is 1.29. The van der Waals surface area contributed by atoms with Crippen LogP contribution in [0, 0.1) is 23.2 Å². The molecule has 4 rings (SSSR count). The number of nitrogens with zero attached hydrogens (tertiary/aromatic N) is 4. The molecule has 1 amide bonds. The molecule has 2 aromatic heterocycles. The van der Waals surface area contributed by atoms with Crippen molar-refractivity contribution in [2.75, 3.05) is 26.3 Å². The molecule has 4 heterocycles. The predicted molar refractivity (Wildman–Crippen MR) is 93.8 cm³/mol. The molecule has 0 spiro atoms. The van der Waals surface area contributed by atoms with Crippen LogP contribution in [0.25, 0.3) is 0 Å². The molecule has 134 valence electrons. The zero-order valence-corrected chi connectivity index (χ0v) is 14.9. The average molecular weight is 370 g/mol. The second kappa shape index (κ2) is 7.40. The number of pyridine rings is 1. The van der Waals surface area contributed by atoms with Gasteiger partial charge in [0.05, 0.1) is 30.4 Å². The standard InChI is InChI=1S/C18H18N4O3S/c19-5-12-1-2-17(20-6-12)24-4-3-13-9-25-16-8-22(7-14(13)16)18(23)15-10-26-11-21-15/h1-2,6,10-11,13-14,16H,3-4,7-9H2/t13-,14-,16-/m1/s1. The summed E-state index contributed by atoms with van der Waals surface area (Å²) in [5.74, 6) is 1.22. The molecule has 0 radical (unpaired) electrons. The first-order chi connectivity index (χ1) is 12.7. The van der Waals surface area contributed by atoms with Crippen LogP contribution < -0.4 is 4.74 Å². The van der Waals surface area contributed by atoms with Crippen LogP contribution in [0.5, 0.6) is 5.88 Å². The fourth-order valence-corrected chi connectivity index (χ4v) is 4.11. The summed E-state index contributed by atoms with van der Waals surface area (Å²) in [5, 5.41) is 10.6. The summed E-state index contributed by atoms with van der Waals surface area (Å²) >= 11 is 1.43. The lowest BCUT2D eigenvalue weighted by Gasteiger charge is -2.19. The van der Waals surface area contributed by atoms with Gasteiger partial charge in [-0.25, -0.2) is 9.97 Å². The van der Waals surface area contributed by atoms with Crippen molar-refractivity contribution in [1.82, 2.24) is 14.9 Å². The smallest absolute Gasteiger partial charge is 0.273 e. The zero-order chi connectivity index (χ0) is 17.9. The highest BCUT2D eigenvalue weighted by atomic mass is 32.1. The molecule has 8 heteroatoms. The second-order valence-electron chi connectivity index (χ2n) is 6.51. The lowest BCUT2D eigenvalue weighted by molar-refractivity contribution is 0.0668. The fourth-order valence-electron chi connectivity index (χ4n) is 3.59. The van der Waals surface area contributed by atoms with E-state index in [1.807, 2.05) is 11.0 Å². The predicted octanol–water partition coefficient (Wildman–Crippen LogP) is 1.97. The molecular formula is C18H18N4O3S. The van der Waals surface area contributed by atoms with Gasteiger partial charge in [-0.2, -0.15) is 5.26 Å². The van der Waals surface area contributed by atoms with Crippen LogP contribution in [0.1, 0.15) is 22.5 Å². The second-order valence-corrected chi connectivity index (χ2v) is 7.23. The highest BCUT2D eigenvalue weighted by Crippen LogP contribution is 2.36. The van der Waals surface area contributed by atoms with Crippen LogP contribution in [-0.4, -0.2) is 53.2 Å². The van der Waals surface area contributed by atoms with E-state index < -0.39 is 0 Å². The number of carbonyl (C=O) groups excluding carboxylic acids is 1. The third-order valence-electron chi connectivity index (χ3n) is 4.98. The molecule has 0 N–H and O–H groups in total. The van der Waals surface area contributed by atoms with Gasteiger partial charge in [-0.15, -0.1) is 11.3 Å². The summed E-state index contributed by atoms with van der Waals surface area (Å²) in [7, 11) is 0. The van der Waals surface area contributed by atoms with Gasteiger partial charge in [-0.1, -0.05) is 0 Å². The third-order valence-corrected chi connectivity index (χ3v) is 5.57. The Hall–Kier alpha value is -2.50. The molecule has 0 saturated carbocycles. The minimum absolute atomic E-state index is 0.0129. The van der Waals surface area contributed by atoms with Gasteiger partial charge >= 0.3 is 0 Å². The van der Waals surface area contributed by atoms with Crippen molar-refractivity contribution in [2.24, 2.45) is 11.8 Å². The summed E-state index contributed by atoms with van der Waals surface area (Å²) in [6.07, 6.45) is 2.46. The first-order valence-corrected chi connectivity index (χ1v) is 9.47. The first-order valence-electron chi connectivity index (χ1n) is 8.52. The maximum atomic E-state index is 12.5. The van der Waals surface area contributed by atoms with Gasteiger partial charge in [0.1, 0.15) is 11.8 Å². The van der Waals surface area contributed by atoms with E-state index in [2.05, 4.69) is 9.97 Å². The van der Waals surface area contributed by atoms with E-state index in [1.54, 1.807) is 23.0 Å². The highest BCUT2D eigenvalue weighted by molar-refractivity contribution is 7.07. The van der Waals surface area contributed by atoms with Crippen molar-refractivity contribution in [3.05, 3.63) is 40.5 Å². The molecule has 3 atom stereocenters. The van der Waals surface area contributed by atoms with Gasteiger partial charge in [-0.05, 0) is 18.4 Å². The van der Waals surface area contributed by atoms with Crippen molar-refractivity contribution in [2.45, 2.75) is 12.5 Å². The van der Waals surface area contributed by atoms with E-state index in [4.69, 9.17) is 14.7 Å². The van der Waals surface area contributed by atoms with Crippen molar-refractivity contribution in [3.63, 3.8) is 0 Å². The highest BCUT2D eigenvalue weighted by Gasteiger charge is 2.45. The van der Waals surface area contributed by atoms with Gasteiger partial charge in [0.2, 0.25) is 5.88 Å².